The predicted octanol–water partition coefficient (Wildman–Crippen LogP) is 7.92. The van der Waals surface area contributed by atoms with Gasteiger partial charge in [-0.1, -0.05) is 84.0 Å². The minimum Gasteiger partial charge on any atom is -0.508 e. The zero-order valence-electron chi connectivity index (χ0n) is 18.5. The van der Waals surface area contributed by atoms with E-state index in [4.69, 9.17) is 0 Å². The molecule has 0 atom stereocenters. The number of rotatable bonds is 3. The first kappa shape index (κ1) is 19.8. The van der Waals surface area contributed by atoms with Gasteiger partial charge in [-0.2, -0.15) is 0 Å². The normalized spacial score (nSPS) is 15.7. The molecule has 0 fully saturated rings. The molecule has 3 aromatic carbocycles. The number of phenols is 1. The van der Waals surface area contributed by atoms with Gasteiger partial charge in [-0.3, -0.25) is 0 Å². The van der Waals surface area contributed by atoms with Crippen LogP contribution >= 0.6 is 0 Å². The van der Waals surface area contributed by atoms with Crippen LogP contribution in [0.25, 0.3) is 22.4 Å². The van der Waals surface area contributed by atoms with Crippen molar-refractivity contribution in [2.24, 2.45) is 5.41 Å². The van der Waals surface area contributed by atoms with Gasteiger partial charge in [0.15, 0.2) is 0 Å². The molecule has 1 N–H and O–H groups in total. The van der Waals surface area contributed by atoms with Crippen molar-refractivity contribution < 1.29 is 5.11 Å². The number of phenolic OH excluding ortho intramolecular Hbond substituents is 1. The molecule has 0 bridgehead atoms. The third kappa shape index (κ3) is 3.37. The topological polar surface area (TPSA) is 20.2 Å². The standard InChI is InChI=1S/C28H32O/c1-17(2)22-9-7-8-19-14-21(10-12-23(19)22)25-15-20-11-13-26(29)27(18(3)4)24(20)16-28(25,5)6/h7-15,17-18,29H,16H2,1-6H3. The summed E-state index contributed by atoms with van der Waals surface area (Å²) in [5.74, 6) is 1.26. The van der Waals surface area contributed by atoms with Crippen LogP contribution in [-0.4, -0.2) is 5.11 Å². The molecule has 29 heavy (non-hydrogen) atoms. The molecule has 0 saturated heterocycles. The second kappa shape index (κ2) is 7.06. The summed E-state index contributed by atoms with van der Waals surface area (Å²) >= 11 is 0. The molecule has 0 aliphatic heterocycles. The van der Waals surface area contributed by atoms with Crippen LogP contribution < -0.4 is 0 Å². The van der Waals surface area contributed by atoms with Gasteiger partial charge >= 0.3 is 0 Å². The van der Waals surface area contributed by atoms with Crippen molar-refractivity contribution in [3.63, 3.8) is 0 Å². The molecule has 150 valence electrons. The highest BCUT2D eigenvalue weighted by Crippen LogP contribution is 2.47. The molecule has 1 aliphatic carbocycles. The van der Waals surface area contributed by atoms with Crippen LogP contribution in [0.3, 0.4) is 0 Å². The lowest BCUT2D eigenvalue weighted by molar-refractivity contribution is 0.454. The minimum absolute atomic E-state index is 0.00771. The zero-order valence-corrected chi connectivity index (χ0v) is 18.5. The second-order valence-corrected chi connectivity index (χ2v) is 9.78. The van der Waals surface area contributed by atoms with Crippen LogP contribution in [0.2, 0.25) is 0 Å². The van der Waals surface area contributed by atoms with Crippen LogP contribution in [0.15, 0.2) is 48.5 Å². The average molecular weight is 385 g/mol. The Hall–Kier alpha value is -2.54. The second-order valence-electron chi connectivity index (χ2n) is 9.78. The van der Waals surface area contributed by atoms with Gasteiger partial charge in [0, 0.05) is 5.56 Å². The highest BCUT2D eigenvalue weighted by molar-refractivity contribution is 5.94. The lowest BCUT2D eigenvalue weighted by Crippen LogP contribution is -2.22. The van der Waals surface area contributed by atoms with Crippen molar-refractivity contribution in [2.45, 2.75) is 59.8 Å². The van der Waals surface area contributed by atoms with Crippen LogP contribution in [0.1, 0.15) is 81.2 Å². The maximum absolute atomic E-state index is 10.5. The van der Waals surface area contributed by atoms with Gasteiger partial charge in [0.05, 0.1) is 0 Å². The van der Waals surface area contributed by atoms with Crippen LogP contribution in [0, 0.1) is 5.41 Å². The Bertz CT molecular complexity index is 1110. The molecule has 4 rings (SSSR count). The average Bonchev–Trinajstić information content (AvgIpc) is 2.65. The Morgan fingerprint density at radius 3 is 2.34 bits per heavy atom. The summed E-state index contributed by atoms with van der Waals surface area (Å²) in [5.41, 5.74) is 7.75. The van der Waals surface area contributed by atoms with Gasteiger partial charge in [0.1, 0.15) is 5.75 Å². The van der Waals surface area contributed by atoms with Crippen LogP contribution in [-0.2, 0) is 6.42 Å². The molecule has 0 radical (unpaired) electrons. The van der Waals surface area contributed by atoms with Crippen molar-refractivity contribution in [3.8, 4) is 5.75 Å². The summed E-state index contributed by atoms with van der Waals surface area (Å²) in [6, 6.07) is 17.5. The van der Waals surface area contributed by atoms with E-state index in [1.54, 1.807) is 0 Å². The quantitative estimate of drug-likeness (QED) is 0.486. The fourth-order valence-electron chi connectivity index (χ4n) is 4.99. The molecule has 0 saturated carbocycles. The van der Waals surface area contributed by atoms with E-state index >= 15 is 0 Å². The Balaban J connectivity index is 1.89. The summed E-state index contributed by atoms with van der Waals surface area (Å²) in [6.07, 6.45) is 3.29. The van der Waals surface area contributed by atoms with E-state index in [0.717, 1.165) is 12.0 Å². The SMILES string of the molecule is CC(C)c1c(O)ccc2c1CC(C)(C)C(c1ccc3c(C(C)C)cccc3c1)=C2. The van der Waals surface area contributed by atoms with E-state index in [1.165, 1.54) is 38.6 Å². The third-order valence-corrected chi connectivity index (χ3v) is 6.44. The zero-order chi connectivity index (χ0) is 20.9. The van der Waals surface area contributed by atoms with Gasteiger partial charge in [-0.05, 0) is 74.4 Å². The Labute approximate surface area is 175 Å². The fraction of sp³-hybridized carbons (Fsp3) is 0.357. The fourth-order valence-corrected chi connectivity index (χ4v) is 4.99. The first-order valence-corrected chi connectivity index (χ1v) is 10.8. The molecule has 0 aromatic heterocycles. The van der Waals surface area contributed by atoms with E-state index in [0.29, 0.717) is 17.6 Å². The number of hydrogen-bond acceptors (Lipinski definition) is 1. The molecule has 1 heteroatoms. The van der Waals surface area contributed by atoms with Crippen molar-refractivity contribution in [2.75, 3.05) is 0 Å². The van der Waals surface area contributed by atoms with E-state index in [-0.39, 0.29) is 5.41 Å². The molecule has 1 aliphatic rings. The van der Waals surface area contributed by atoms with E-state index in [9.17, 15) is 5.11 Å². The van der Waals surface area contributed by atoms with Crippen molar-refractivity contribution in [1.82, 2.24) is 0 Å². The monoisotopic (exact) mass is 384 g/mol. The number of aromatic hydroxyl groups is 1. The predicted molar refractivity (Wildman–Crippen MR) is 126 cm³/mol. The molecular formula is C28H32O. The summed E-state index contributed by atoms with van der Waals surface area (Å²) < 4.78 is 0. The number of benzene rings is 3. The molecule has 0 amide bonds. The number of allylic oxidation sites excluding steroid dienone is 1. The lowest BCUT2D eigenvalue weighted by atomic mass is 9.69. The van der Waals surface area contributed by atoms with Crippen LogP contribution in [0.4, 0.5) is 0 Å². The van der Waals surface area contributed by atoms with Gasteiger partial charge < -0.3 is 5.11 Å². The highest BCUT2D eigenvalue weighted by atomic mass is 16.3. The largest absolute Gasteiger partial charge is 0.508 e. The smallest absolute Gasteiger partial charge is 0.119 e. The summed E-state index contributed by atoms with van der Waals surface area (Å²) in [6.45, 7) is 13.5. The van der Waals surface area contributed by atoms with Gasteiger partial charge in [-0.25, -0.2) is 0 Å². The maximum Gasteiger partial charge on any atom is 0.119 e. The van der Waals surface area contributed by atoms with Crippen molar-refractivity contribution >= 4 is 22.4 Å². The van der Waals surface area contributed by atoms with Crippen molar-refractivity contribution in [1.29, 1.82) is 0 Å². The summed E-state index contributed by atoms with van der Waals surface area (Å²) in [4.78, 5) is 0. The summed E-state index contributed by atoms with van der Waals surface area (Å²) in [5, 5.41) is 13.1. The van der Waals surface area contributed by atoms with E-state index in [2.05, 4.69) is 90.1 Å². The molecule has 0 unspecified atom stereocenters. The van der Waals surface area contributed by atoms with Gasteiger partial charge in [0.2, 0.25) is 0 Å². The van der Waals surface area contributed by atoms with E-state index < -0.39 is 0 Å². The van der Waals surface area contributed by atoms with Gasteiger partial charge in [-0.15, -0.1) is 0 Å². The molecule has 0 heterocycles. The number of fused-ring (bicyclic) bond motifs is 2. The van der Waals surface area contributed by atoms with Crippen molar-refractivity contribution in [3.05, 3.63) is 76.3 Å². The molecule has 1 nitrogen and oxygen atoms in total. The highest BCUT2D eigenvalue weighted by Gasteiger charge is 2.32. The number of hydrogen-bond donors (Lipinski definition) is 1. The first-order valence-electron chi connectivity index (χ1n) is 10.8. The Morgan fingerprint density at radius 1 is 0.897 bits per heavy atom. The lowest BCUT2D eigenvalue weighted by Gasteiger charge is -2.35. The van der Waals surface area contributed by atoms with E-state index in [1.807, 2.05) is 6.07 Å². The maximum atomic E-state index is 10.5. The molecule has 3 aromatic rings. The Morgan fingerprint density at radius 2 is 1.66 bits per heavy atom. The first-order chi connectivity index (χ1) is 13.7. The molecule has 0 spiro atoms. The van der Waals surface area contributed by atoms with Crippen LogP contribution in [0.5, 0.6) is 5.75 Å². The summed E-state index contributed by atoms with van der Waals surface area (Å²) in [7, 11) is 0. The Kier molecular flexibility index (Phi) is 4.81. The minimum atomic E-state index is 0.00771. The third-order valence-electron chi connectivity index (χ3n) is 6.44. The van der Waals surface area contributed by atoms with Gasteiger partial charge in [0.25, 0.3) is 0 Å². The molecular weight excluding hydrogens is 352 g/mol.